The van der Waals surface area contributed by atoms with Crippen LogP contribution in [0.25, 0.3) is 5.69 Å². The summed E-state index contributed by atoms with van der Waals surface area (Å²) in [6, 6.07) is 4.77. The number of carbonyl (C=O) groups is 4. The number of rotatable bonds is 13. The number of halogens is 2. The molecule has 0 aliphatic heterocycles. The van der Waals surface area contributed by atoms with Crippen LogP contribution in [0, 0.1) is 5.41 Å². The Morgan fingerprint density at radius 3 is 2.43 bits per heavy atom. The molecular weight excluding hydrogens is 612 g/mol. The zero-order valence-corrected chi connectivity index (χ0v) is 27.8. The van der Waals surface area contributed by atoms with Gasteiger partial charge in [0, 0.05) is 32.5 Å². The van der Waals surface area contributed by atoms with Gasteiger partial charge in [0.15, 0.2) is 5.78 Å². The third-order valence-electron chi connectivity index (χ3n) is 8.58. The number of esters is 2. The smallest absolute Gasteiger partial charge is 0.309 e. The first-order valence-electron chi connectivity index (χ1n) is 15.9. The van der Waals surface area contributed by atoms with E-state index >= 15 is 0 Å². The number of primary amides is 1. The van der Waals surface area contributed by atoms with Crippen LogP contribution in [0.15, 0.2) is 30.9 Å². The van der Waals surface area contributed by atoms with Gasteiger partial charge in [-0.2, -0.15) is 5.10 Å². The van der Waals surface area contributed by atoms with Crippen LogP contribution in [0.5, 0.6) is 0 Å². The van der Waals surface area contributed by atoms with Crippen LogP contribution in [0.3, 0.4) is 0 Å². The lowest BCUT2D eigenvalue weighted by Gasteiger charge is -2.38. The zero-order valence-electron chi connectivity index (χ0n) is 27.8. The number of ketones is 1. The number of carbonyl (C=O) groups excluding carboxylic acids is 4. The van der Waals surface area contributed by atoms with E-state index in [1.165, 1.54) is 11.6 Å². The van der Waals surface area contributed by atoms with Crippen LogP contribution in [0.4, 0.5) is 14.5 Å². The van der Waals surface area contributed by atoms with Crippen molar-refractivity contribution in [1.29, 1.82) is 0 Å². The van der Waals surface area contributed by atoms with Gasteiger partial charge in [-0.05, 0) is 69.8 Å². The van der Waals surface area contributed by atoms with Crippen molar-refractivity contribution >= 4 is 29.3 Å². The number of hydrogen-bond acceptors (Lipinski definition) is 9. The molecule has 0 bridgehead atoms. The Morgan fingerprint density at radius 2 is 1.85 bits per heavy atom. The van der Waals surface area contributed by atoms with E-state index in [-0.39, 0.29) is 41.9 Å². The summed E-state index contributed by atoms with van der Waals surface area (Å²) in [4.78, 5) is 53.7. The molecule has 2 aliphatic carbocycles. The van der Waals surface area contributed by atoms with E-state index in [1.807, 2.05) is 37.7 Å². The molecule has 2 aromatic rings. The highest BCUT2D eigenvalue weighted by Gasteiger charge is 2.39. The minimum atomic E-state index is -2.93. The predicted molar refractivity (Wildman–Crippen MR) is 172 cm³/mol. The second-order valence-corrected chi connectivity index (χ2v) is 13.5. The second-order valence-electron chi connectivity index (χ2n) is 13.5. The molecular formula is C34H45F2N5O6. The summed E-state index contributed by atoms with van der Waals surface area (Å²) < 4.78 is 40.6. The number of aromatic nitrogens is 2. The molecule has 2 N–H and O–H groups in total. The van der Waals surface area contributed by atoms with Crippen LogP contribution < -0.4 is 10.6 Å². The first-order valence-corrected chi connectivity index (χ1v) is 15.9. The van der Waals surface area contributed by atoms with Gasteiger partial charge in [-0.25, -0.2) is 13.5 Å². The van der Waals surface area contributed by atoms with Gasteiger partial charge in [-0.3, -0.25) is 19.2 Å². The van der Waals surface area contributed by atoms with Gasteiger partial charge in [-0.15, -0.1) is 6.58 Å². The predicted octanol–water partition coefficient (Wildman–Crippen LogP) is 4.79. The Bertz CT molecular complexity index is 1510. The minimum Gasteiger partial charge on any atom is -0.462 e. The Labute approximate surface area is 274 Å². The average Bonchev–Trinajstić information content (AvgIpc) is 3.34. The number of Topliss-reactive ketones (excluding diaryl/α,β-unsaturated/α-hetero) is 1. The van der Waals surface area contributed by atoms with Gasteiger partial charge < -0.3 is 25.0 Å². The minimum absolute atomic E-state index is 0.0310. The highest BCUT2D eigenvalue weighted by molar-refractivity contribution is 6.01. The molecule has 2 aliphatic rings. The maximum atomic E-state index is 14.1. The number of amides is 1. The monoisotopic (exact) mass is 657 g/mol. The molecule has 256 valence electrons. The largest absolute Gasteiger partial charge is 0.462 e. The fraction of sp³-hybridized carbons (Fsp3) is 0.559. The van der Waals surface area contributed by atoms with E-state index in [0.29, 0.717) is 62.3 Å². The average molecular weight is 658 g/mol. The lowest BCUT2D eigenvalue weighted by molar-refractivity contribution is -0.158. The number of fused-ring (bicyclic) bond motifs is 1. The van der Waals surface area contributed by atoms with Crippen LogP contribution in [0.2, 0.25) is 0 Å². The summed E-state index contributed by atoms with van der Waals surface area (Å²) in [5, 5.41) is 4.21. The van der Waals surface area contributed by atoms with Gasteiger partial charge in [-0.1, -0.05) is 19.9 Å². The van der Waals surface area contributed by atoms with Gasteiger partial charge in [0.05, 0.1) is 34.6 Å². The van der Waals surface area contributed by atoms with Crippen molar-refractivity contribution in [1.82, 2.24) is 14.7 Å². The van der Waals surface area contributed by atoms with Crippen molar-refractivity contribution in [3.63, 3.8) is 0 Å². The molecule has 1 saturated carbocycles. The normalized spacial score (nSPS) is 19.6. The van der Waals surface area contributed by atoms with Crippen molar-refractivity contribution in [2.75, 3.05) is 32.1 Å². The molecule has 1 unspecified atom stereocenters. The number of nitrogens with two attached hydrogens (primary N) is 1. The number of nitrogens with zero attached hydrogens (tertiary/aromatic N) is 4. The van der Waals surface area contributed by atoms with Gasteiger partial charge >= 0.3 is 11.9 Å². The third-order valence-corrected chi connectivity index (χ3v) is 8.58. The van der Waals surface area contributed by atoms with Crippen LogP contribution in [0.1, 0.15) is 97.8 Å². The van der Waals surface area contributed by atoms with Crippen molar-refractivity contribution in [3.8, 4) is 5.69 Å². The summed E-state index contributed by atoms with van der Waals surface area (Å²) in [6.07, 6.45) is 0.652. The number of alkyl halides is 2. The Morgan fingerprint density at radius 1 is 1.17 bits per heavy atom. The quantitative estimate of drug-likeness (QED) is 0.238. The molecule has 1 amide bonds. The molecule has 1 atom stereocenters. The molecule has 47 heavy (non-hydrogen) atoms. The summed E-state index contributed by atoms with van der Waals surface area (Å²) in [5.41, 5.74) is 6.36. The van der Waals surface area contributed by atoms with Crippen molar-refractivity contribution < 1.29 is 37.4 Å². The standard InChI is InChI=1S/C34H45F2N5O6/c1-7-14-40(21-8-11-23(12-9-21)47-29(44)16-24(19-39(5)6)46-20(2)42)26-15-22(10-13-25(26)33(37)45)41-27-17-34(3,4)18-28(43)30(27)31(38-41)32(35)36/h7,10,13,15,21,23-24,32H,1,8-9,11-12,14,16-19H2,2-6H3,(H2,37,45). The Hall–Kier alpha value is -4.13. The van der Waals surface area contributed by atoms with E-state index in [9.17, 15) is 28.0 Å². The molecule has 11 nitrogen and oxygen atoms in total. The Balaban J connectivity index is 1.58. The fourth-order valence-electron chi connectivity index (χ4n) is 6.71. The van der Waals surface area contributed by atoms with E-state index in [4.69, 9.17) is 15.2 Å². The molecule has 1 aromatic carbocycles. The summed E-state index contributed by atoms with van der Waals surface area (Å²) >= 11 is 0. The van der Waals surface area contributed by atoms with E-state index in [0.717, 1.165) is 0 Å². The van der Waals surface area contributed by atoms with Gasteiger partial charge in [0.2, 0.25) is 0 Å². The van der Waals surface area contributed by atoms with Gasteiger partial charge in [0.1, 0.15) is 17.9 Å². The third kappa shape index (κ3) is 8.62. The number of ether oxygens (including phenoxy) is 2. The maximum Gasteiger partial charge on any atom is 0.309 e. The van der Waals surface area contributed by atoms with Crippen LogP contribution >= 0.6 is 0 Å². The first kappa shape index (κ1) is 35.7. The van der Waals surface area contributed by atoms with E-state index in [2.05, 4.69) is 11.7 Å². The number of benzene rings is 1. The van der Waals surface area contributed by atoms with Gasteiger partial charge in [0.25, 0.3) is 12.3 Å². The molecule has 1 fully saturated rings. The van der Waals surface area contributed by atoms with Crippen LogP contribution in [-0.4, -0.2) is 83.7 Å². The highest BCUT2D eigenvalue weighted by atomic mass is 19.3. The Kier molecular flexibility index (Phi) is 11.2. The topological polar surface area (TPSA) is 137 Å². The fourth-order valence-corrected chi connectivity index (χ4v) is 6.71. The molecule has 4 rings (SSSR count). The SMILES string of the molecule is C=CCN(c1cc(-n2nc(C(F)F)c3c2CC(C)(C)CC3=O)ccc1C(N)=O)C1CCC(OC(=O)CC(CN(C)C)OC(C)=O)CC1. The molecule has 0 radical (unpaired) electrons. The number of likely N-dealkylation sites (N-methyl/N-ethyl adjacent to an activating group) is 1. The van der Waals surface area contributed by atoms with Crippen molar-refractivity contribution in [2.45, 2.75) is 90.4 Å². The van der Waals surface area contributed by atoms with Crippen molar-refractivity contribution in [2.24, 2.45) is 11.1 Å². The lowest BCUT2D eigenvalue weighted by atomic mass is 9.75. The number of anilines is 1. The lowest BCUT2D eigenvalue weighted by Crippen LogP contribution is -2.41. The summed E-state index contributed by atoms with van der Waals surface area (Å²) in [5.74, 6) is -1.93. The molecule has 13 heteroatoms. The molecule has 1 heterocycles. The second kappa shape index (κ2) is 14.7. The van der Waals surface area contributed by atoms with E-state index in [1.54, 1.807) is 24.3 Å². The maximum absolute atomic E-state index is 14.1. The molecule has 0 spiro atoms. The summed E-state index contributed by atoms with van der Waals surface area (Å²) in [7, 11) is 3.64. The highest BCUT2D eigenvalue weighted by Crippen LogP contribution is 2.40. The number of hydrogen-bond donors (Lipinski definition) is 1. The molecule has 1 aromatic heterocycles. The van der Waals surface area contributed by atoms with E-state index < -0.39 is 41.5 Å². The zero-order chi connectivity index (χ0) is 34.6. The molecule has 0 saturated heterocycles. The first-order chi connectivity index (χ1) is 22.1. The van der Waals surface area contributed by atoms with Crippen LogP contribution in [-0.2, 0) is 25.5 Å². The van der Waals surface area contributed by atoms with Crippen molar-refractivity contribution in [3.05, 3.63) is 53.4 Å². The summed E-state index contributed by atoms with van der Waals surface area (Å²) in [6.45, 7) is 9.77.